The summed E-state index contributed by atoms with van der Waals surface area (Å²) in [5, 5.41) is 12.9. The summed E-state index contributed by atoms with van der Waals surface area (Å²) in [6.07, 6.45) is 5.91. The normalized spacial score (nSPS) is 19.5. The van der Waals surface area contributed by atoms with Gasteiger partial charge in [-0.1, -0.05) is 29.5 Å². The van der Waals surface area contributed by atoms with Crippen molar-refractivity contribution in [1.82, 2.24) is 29.7 Å². The molecule has 2 unspecified atom stereocenters. The van der Waals surface area contributed by atoms with Gasteiger partial charge >= 0.3 is 5.97 Å². The third-order valence-electron chi connectivity index (χ3n) is 8.23. The first-order chi connectivity index (χ1) is 20.9. The number of benzene rings is 2. The van der Waals surface area contributed by atoms with Gasteiger partial charge in [0.05, 0.1) is 48.1 Å². The van der Waals surface area contributed by atoms with Crippen molar-refractivity contribution < 1.29 is 23.5 Å². The minimum atomic E-state index is -0.565. The number of carbonyl (C=O) groups is 2. The second-order valence-electron chi connectivity index (χ2n) is 11.0. The molecule has 1 saturated heterocycles. The van der Waals surface area contributed by atoms with Crippen LogP contribution in [-0.4, -0.2) is 74.0 Å². The molecule has 4 aromatic rings. The van der Waals surface area contributed by atoms with E-state index in [1.165, 1.54) is 12.3 Å². The first-order valence-electron chi connectivity index (χ1n) is 14.8. The lowest BCUT2D eigenvalue weighted by Gasteiger charge is -2.25. The van der Waals surface area contributed by atoms with E-state index in [-0.39, 0.29) is 36.0 Å². The Morgan fingerprint density at radius 3 is 2.67 bits per heavy atom. The van der Waals surface area contributed by atoms with Gasteiger partial charge in [-0.2, -0.15) is 5.10 Å². The molecule has 3 heterocycles. The predicted octanol–water partition coefficient (Wildman–Crippen LogP) is 4.90. The molecule has 3 atom stereocenters. The third kappa shape index (κ3) is 5.56. The summed E-state index contributed by atoms with van der Waals surface area (Å²) in [5.74, 6) is -1.24. The van der Waals surface area contributed by atoms with Crippen molar-refractivity contribution in [1.29, 1.82) is 0 Å². The molecule has 0 spiro atoms. The zero-order valence-corrected chi connectivity index (χ0v) is 24.6. The Morgan fingerprint density at radius 1 is 1.07 bits per heavy atom. The van der Waals surface area contributed by atoms with E-state index in [0.717, 1.165) is 30.7 Å². The fraction of sp³-hybridized carbons (Fsp3) is 0.406. The summed E-state index contributed by atoms with van der Waals surface area (Å²) in [6.45, 7) is 5.53. The summed E-state index contributed by atoms with van der Waals surface area (Å²) in [4.78, 5) is 28.1. The van der Waals surface area contributed by atoms with Crippen LogP contribution in [0.15, 0.2) is 54.9 Å². The number of aromatic nitrogens is 5. The van der Waals surface area contributed by atoms with Crippen molar-refractivity contribution in [3.05, 3.63) is 83.2 Å². The standard InChI is InChI=1S/C32H35FN6O4/c1-4-42-19-22-11-8-14-38(22)31(40)24-13-7-12-23(29(24)33)20-9-6-10-21(15-20)39-30(27(17-34-39)32(41)43-5-2)26-16-25(26)28-18-37(3)36-35-28/h6-7,9-10,12-13,15,17-18,22,25-26H,4-5,8,11,14,16,19H2,1-3H3/t22-,25?,26?/m0/s1. The van der Waals surface area contributed by atoms with Crippen LogP contribution in [0.25, 0.3) is 16.8 Å². The molecule has 2 fully saturated rings. The maximum atomic E-state index is 16.1. The Bertz CT molecular complexity index is 1650. The Kier molecular flexibility index (Phi) is 8.07. The zero-order chi connectivity index (χ0) is 30.1. The van der Waals surface area contributed by atoms with Crippen LogP contribution in [0.1, 0.15) is 77.0 Å². The largest absolute Gasteiger partial charge is 0.462 e. The van der Waals surface area contributed by atoms with Gasteiger partial charge in [0.2, 0.25) is 0 Å². The Hall–Kier alpha value is -4.38. The number of esters is 1. The van der Waals surface area contributed by atoms with Gasteiger partial charge in [-0.25, -0.2) is 13.9 Å². The van der Waals surface area contributed by atoms with Crippen LogP contribution in [0.2, 0.25) is 0 Å². The molecule has 1 aliphatic carbocycles. The summed E-state index contributed by atoms with van der Waals surface area (Å²) < 4.78 is 30.4. The number of likely N-dealkylation sites (tertiary alicyclic amines) is 1. The van der Waals surface area contributed by atoms with E-state index < -0.39 is 11.8 Å². The molecule has 2 aliphatic rings. The Balaban J connectivity index is 1.33. The summed E-state index contributed by atoms with van der Waals surface area (Å²) in [7, 11) is 1.82. The van der Waals surface area contributed by atoms with Gasteiger partial charge in [-0.05, 0) is 56.9 Å². The van der Waals surface area contributed by atoms with E-state index in [0.29, 0.717) is 42.1 Å². The molecule has 0 bridgehead atoms. The van der Waals surface area contributed by atoms with Gasteiger partial charge in [0.15, 0.2) is 0 Å². The van der Waals surface area contributed by atoms with Crippen molar-refractivity contribution in [3.63, 3.8) is 0 Å². The molecular formula is C32H35FN6O4. The predicted molar refractivity (Wildman–Crippen MR) is 157 cm³/mol. The number of ether oxygens (including phenoxy) is 2. The van der Waals surface area contributed by atoms with Crippen LogP contribution in [0.5, 0.6) is 0 Å². The molecule has 10 nitrogen and oxygen atoms in total. The van der Waals surface area contributed by atoms with Crippen LogP contribution in [0, 0.1) is 5.82 Å². The highest BCUT2D eigenvalue weighted by Crippen LogP contribution is 2.55. The molecule has 1 saturated carbocycles. The van der Waals surface area contributed by atoms with E-state index >= 15 is 4.39 Å². The average molecular weight is 587 g/mol. The third-order valence-corrected chi connectivity index (χ3v) is 8.23. The fourth-order valence-electron chi connectivity index (χ4n) is 6.06. The van der Waals surface area contributed by atoms with E-state index in [1.54, 1.807) is 39.4 Å². The molecule has 0 radical (unpaired) electrons. The number of hydrogen-bond donors (Lipinski definition) is 0. The molecular weight excluding hydrogens is 551 g/mol. The van der Waals surface area contributed by atoms with E-state index in [1.807, 2.05) is 38.4 Å². The van der Waals surface area contributed by atoms with Gasteiger partial charge in [0.1, 0.15) is 11.4 Å². The van der Waals surface area contributed by atoms with Crippen LogP contribution in [-0.2, 0) is 16.5 Å². The summed E-state index contributed by atoms with van der Waals surface area (Å²) >= 11 is 0. The van der Waals surface area contributed by atoms with Gasteiger partial charge < -0.3 is 14.4 Å². The molecule has 2 aromatic carbocycles. The van der Waals surface area contributed by atoms with Gasteiger partial charge in [0, 0.05) is 43.8 Å². The number of halogens is 1. The van der Waals surface area contributed by atoms with Crippen molar-refractivity contribution in [2.75, 3.05) is 26.4 Å². The van der Waals surface area contributed by atoms with E-state index in [9.17, 15) is 9.59 Å². The molecule has 6 rings (SSSR count). The highest BCUT2D eigenvalue weighted by molar-refractivity contribution is 5.96. The molecule has 224 valence electrons. The van der Waals surface area contributed by atoms with Crippen LogP contribution in [0.3, 0.4) is 0 Å². The second kappa shape index (κ2) is 12.1. The average Bonchev–Trinajstić information content (AvgIpc) is 3.33. The number of rotatable bonds is 10. The number of aryl methyl sites for hydroxylation is 1. The highest BCUT2D eigenvalue weighted by atomic mass is 19.1. The fourth-order valence-corrected chi connectivity index (χ4v) is 6.06. The first-order valence-corrected chi connectivity index (χ1v) is 14.8. The summed E-state index contributed by atoms with van der Waals surface area (Å²) in [6, 6.07) is 12.2. The monoisotopic (exact) mass is 586 g/mol. The SMILES string of the molecule is CCOC[C@@H]1CCCN1C(=O)c1cccc(-c2cccc(-n3ncc(C(=O)OCC)c3C3CC3c3cn(C)nn3)c2)c1F. The van der Waals surface area contributed by atoms with Crippen LogP contribution < -0.4 is 0 Å². The Morgan fingerprint density at radius 2 is 1.91 bits per heavy atom. The number of amides is 1. The van der Waals surface area contributed by atoms with Gasteiger partial charge in [0.25, 0.3) is 5.91 Å². The highest BCUT2D eigenvalue weighted by Gasteiger charge is 2.46. The van der Waals surface area contributed by atoms with Gasteiger partial charge in [-0.15, -0.1) is 5.10 Å². The molecule has 11 heteroatoms. The summed E-state index contributed by atoms with van der Waals surface area (Å²) in [5.41, 5.74) is 3.60. The quantitative estimate of drug-likeness (QED) is 0.244. The van der Waals surface area contributed by atoms with Gasteiger partial charge in [-0.3, -0.25) is 9.48 Å². The zero-order valence-electron chi connectivity index (χ0n) is 24.6. The van der Waals surface area contributed by atoms with E-state index in [4.69, 9.17) is 9.47 Å². The minimum absolute atomic E-state index is 0.00922. The lowest BCUT2D eigenvalue weighted by Crippen LogP contribution is -2.38. The molecule has 2 aromatic heterocycles. The lowest BCUT2D eigenvalue weighted by atomic mass is 10.0. The number of carbonyl (C=O) groups excluding carboxylic acids is 2. The van der Waals surface area contributed by atoms with Crippen molar-refractivity contribution >= 4 is 11.9 Å². The maximum Gasteiger partial charge on any atom is 0.341 e. The van der Waals surface area contributed by atoms with Crippen molar-refractivity contribution in [2.45, 2.75) is 51.0 Å². The first kappa shape index (κ1) is 28.7. The number of hydrogen-bond acceptors (Lipinski definition) is 7. The minimum Gasteiger partial charge on any atom is -0.462 e. The second-order valence-corrected chi connectivity index (χ2v) is 11.0. The number of nitrogens with zero attached hydrogens (tertiary/aromatic N) is 6. The van der Waals surface area contributed by atoms with Crippen LogP contribution in [0.4, 0.5) is 4.39 Å². The molecule has 1 amide bonds. The topological polar surface area (TPSA) is 104 Å². The maximum absolute atomic E-state index is 16.1. The lowest BCUT2D eigenvalue weighted by molar-refractivity contribution is 0.0524. The Labute approximate surface area is 249 Å². The molecule has 1 aliphatic heterocycles. The van der Waals surface area contributed by atoms with Crippen molar-refractivity contribution in [2.24, 2.45) is 7.05 Å². The molecule has 0 N–H and O–H groups in total. The smallest absolute Gasteiger partial charge is 0.341 e. The van der Waals surface area contributed by atoms with E-state index in [2.05, 4.69) is 15.4 Å². The van der Waals surface area contributed by atoms with Crippen molar-refractivity contribution in [3.8, 4) is 16.8 Å². The molecule has 43 heavy (non-hydrogen) atoms. The van der Waals surface area contributed by atoms with Crippen LogP contribution >= 0.6 is 0 Å².